The van der Waals surface area contributed by atoms with E-state index < -0.39 is 5.97 Å². The van der Waals surface area contributed by atoms with E-state index in [1.54, 1.807) is 19.1 Å². The Hall–Kier alpha value is -2.68. The normalized spacial score (nSPS) is 10.0. The maximum absolute atomic E-state index is 11.9. The third-order valence-electron chi connectivity index (χ3n) is 3.27. The lowest BCUT2D eigenvalue weighted by atomic mass is 10.0. The van der Waals surface area contributed by atoms with E-state index in [0.29, 0.717) is 11.1 Å². The number of hydrogen-bond donors (Lipinski definition) is 0. The first kappa shape index (κ1) is 15.7. The van der Waals surface area contributed by atoms with Crippen LogP contribution in [-0.2, 0) is 9.53 Å². The van der Waals surface area contributed by atoms with Gasteiger partial charge in [-0.15, -0.1) is 0 Å². The van der Waals surface area contributed by atoms with Crippen molar-refractivity contribution in [1.29, 1.82) is 0 Å². The molecule has 0 radical (unpaired) electrons. The van der Waals surface area contributed by atoms with Crippen LogP contribution in [-0.4, -0.2) is 18.4 Å². The Bertz CT molecular complexity index is 670. The van der Waals surface area contributed by atoms with Gasteiger partial charge in [0.2, 0.25) is 0 Å². The minimum Gasteiger partial charge on any atom is -0.462 e. The molecule has 22 heavy (non-hydrogen) atoms. The van der Waals surface area contributed by atoms with E-state index in [1.165, 1.54) is 0 Å². The zero-order valence-electron chi connectivity index (χ0n) is 12.5. The average Bonchev–Trinajstić information content (AvgIpc) is 2.55. The number of Topliss-reactive ketones (excluding diaryl/α,β-unsaturated/α-hetero) is 1. The topological polar surface area (TPSA) is 43.4 Å². The number of carbonyl (C=O) groups is 2. The molecule has 0 aromatic heterocycles. The Morgan fingerprint density at radius 2 is 1.55 bits per heavy atom. The van der Waals surface area contributed by atoms with Crippen LogP contribution in [0.3, 0.4) is 0 Å². The molecular formula is C19H18O3. The molecule has 0 N–H and O–H groups in total. The molecule has 0 bridgehead atoms. The van der Waals surface area contributed by atoms with Crippen LogP contribution in [0.1, 0.15) is 23.7 Å². The smallest absolute Gasteiger partial charge is 0.338 e. The van der Waals surface area contributed by atoms with Gasteiger partial charge in [0.05, 0.1) is 12.2 Å². The maximum Gasteiger partial charge on any atom is 0.338 e. The summed E-state index contributed by atoms with van der Waals surface area (Å²) in [5.74, 6) is -0.513. The van der Waals surface area contributed by atoms with E-state index in [4.69, 9.17) is 4.74 Å². The minimum atomic E-state index is -0.422. The predicted molar refractivity (Wildman–Crippen MR) is 86.6 cm³/mol. The summed E-state index contributed by atoms with van der Waals surface area (Å²) in [6.45, 7) is 5.28. The Labute approximate surface area is 130 Å². The first-order chi connectivity index (χ1) is 10.6. The number of allylic oxidation sites excluding steroid dienone is 1. The van der Waals surface area contributed by atoms with Crippen molar-refractivity contribution in [1.82, 2.24) is 0 Å². The van der Waals surface area contributed by atoms with Crippen molar-refractivity contribution >= 4 is 11.8 Å². The second-order valence-corrected chi connectivity index (χ2v) is 5.03. The molecule has 0 spiro atoms. The molecule has 2 aromatic rings. The van der Waals surface area contributed by atoms with E-state index in [9.17, 15) is 9.59 Å². The van der Waals surface area contributed by atoms with Crippen LogP contribution in [0.2, 0.25) is 0 Å². The SMILES string of the molecule is C=C(C)C(=O)CCOC(=O)c1ccc(-c2ccccc2)cc1. The number of benzene rings is 2. The third-order valence-corrected chi connectivity index (χ3v) is 3.27. The van der Waals surface area contributed by atoms with E-state index in [1.807, 2.05) is 42.5 Å². The molecule has 0 heterocycles. The van der Waals surface area contributed by atoms with Gasteiger partial charge in [0.15, 0.2) is 5.78 Å². The van der Waals surface area contributed by atoms with Gasteiger partial charge in [0.1, 0.15) is 0 Å². The third kappa shape index (κ3) is 4.16. The van der Waals surface area contributed by atoms with Crippen molar-refractivity contribution in [3.8, 4) is 11.1 Å². The summed E-state index contributed by atoms with van der Waals surface area (Å²) >= 11 is 0. The first-order valence-corrected chi connectivity index (χ1v) is 7.09. The van der Waals surface area contributed by atoms with Gasteiger partial charge in [-0.2, -0.15) is 0 Å². The lowest BCUT2D eigenvalue weighted by Gasteiger charge is -2.06. The number of ketones is 1. The zero-order chi connectivity index (χ0) is 15.9. The Morgan fingerprint density at radius 3 is 2.14 bits per heavy atom. The van der Waals surface area contributed by atoms with Crippen LogP contribution in [0.4, 0.5) is 0 Å². The van der Waals surface area contributed by atoms with Crippen LogP contribution in [0.25, 0.3) is 11.1 Å². The molecule has 3 heteroatoms. The van der Waals surface area contributed by atoms with Crippen LogP contribution in [0.15, 0.2) is 66.7 Å². The summed E-state index contributed by atoms with van der Waals surface area (Å²) in [4.78, 5) is 23.3. The summed E-state index contributed by atoms with van der Waals surface area (Å²) in [5.41, 5.74) is 3.08. The number of esters is 1. The molecule has 2 rings (SSSR count). The number of carbonyl (C=O) groups excluding carboxylic acids is 2. The first-order valence-electron chi connectivity index (χ1n) is 7.09. The lowest BCUT2D eigenvalue weighted by Crippen LogP contribution is -2.10. The quantitative estimate of drug-likeness (QED) is 0.596. The number of ether oxygens (including phenoxy) is 1. The highest BCUT2D eigenvalue weighted by Crippen LogP contribution is 2.19. The Morgan fingerprint density at radius 1 is 0.955 bits per heavy atom. The van der Waals surface area contributed by atoms with Gasteiger partial charge in [-0.3, -0.25) is 4.79 Å². The highest BCUT2D eigenvalue weighted by molar-refractivity contribution is 5.94. The highest BCUT2D eigenvalue weighted by Gasteiger charge is 2.09. The summed E-state index contributed by atoms with van der Waals surface area (Å²) in [6.07, 6.45) is 0.170. The molecule has 0 aliphatic heterocycles. The number of hydrogen-bond acceptors (Lipinski definition) is 3. The van der Waals surface area contributed by atoms with Gasteiger partial charge >= 0.3 is 5.97 Å². The summed E-state index contributed by atoms with van der Waals surface area (Å²) in [7, 11) is 0. The lowest BCUT2D eigenvalue weighted by molar-refractivity contribution is -0.116. The van der Waals surface area contributed by atoms with Crippen molar-refractivity contribution in [2.24, 2.45) is 0 Å². The summed E-state index contributed by atoms with van der Waals surface area (Å²) in [6, 6.07) is 17.1. The Balaban J connectivity index is 1.94. The molecule has 3 nitrogen and oxygen atoms in total. The van der Waals surface area contributed by atoms with Crippen LogP contribution >= 0.6 is 0 Å². The van der Waals surface area contributed by atoms with Crippen molar-refractivity contribution in [3.05, 3.63) is 72.3 Å². The van der Waals surface area contributed by atoms with Gasteiger partial charge in [0, 0.05) is 6.42 Å². The van der Waals surface area contributed by atoms with Crippen LogP contribution in [0, 0.1) is 0 Å². The van der Waals surface area contributed by atoms with Crippen molar-refractivity contribution in [2.75, 3.05) is 6.61 Å². The van der Waals surface area contributed by atoms with Crippen molar-refractivity contribution < 1.29 is 14.3 Å². The van der Waals surface area contributed by atoms with Crippen molar-refractivity contribution in [2.45, 2.75) is 13.3 Å². The van der Waals surface area contributed by atoms with E-state index >= 15 is 0 Å². The predicted octanol–water partition coefficient (Wildman–Crippen LogP) is 4.05. The van der Waals surface area contributed by atoms with E-state index in [-0.39, 0.29) is 18.8 Å². The average molecular weight is 294 g/mol. The molecule has 0 saturated heterocycles. The highest BCUT2D eigenvalue weighted by atomic mass is 16.5. The molecule has 0 unspecified atom stereocenters. The fourth-order valence-electron chi connectivity index (χ4n) is 1.96. The molecule has 0 saturated carbocycles. The zero-order valence-corrected chi connectivity index (χ0v) is 12.5. The second-order valence-electron chi connectivity index (χ2n) is 5.03. The minimum absolute atomic E-state index is 0.0744. The fourth-order valence-corrected chi connectivity index (χ4v) is 1.96. The van der Waals surface area contributed by atoms with Gasteiger partial charge in [-0.05, 0) is 35.8 Å². The van der Waals surface area contributed by atoms with Crippen LogP contribution in [0.5, 0.6) is 0 Å². The molecule has 0 aliphatic rings. The maximum atomic E-state index is 11.9. The standard InChI is InChI=1S/C19H18O3/c1-14(2)18(20)12-13-22-19(21)17-10-8-16(9-11-17)15-6-4-3-5-7-15/h3-11H,1,12-13H2,2H3. The molecular weight excluding hydrogens is 276 g/mol. The molecule has 0 aliphatic carbocycles. The van der Waals surface area contributed by atoms with Gasteiger partial charge in [0.25, 0.3) is 0 Å². The molecule has 2 aromatic carbocycles. The van der Waals surface area contributed by atoms with Crippen LogP contribution < -0.4 is 0 Å². The summed E-state index contributed by atoms with van der Waals surface area (Å²) < 4.78 is 5.09. The molecule has 0 amide bonds. The second kappa shape index (κ2) is 7.36. The van der Waals surface area contributed by atoms with Gasteiger partial charge in [-0.1, -0.05) is 49.0 Å². The number of rotatable bonds is 6. The molecule has 0 atom stereocenters. The fraction of sp³-hybridized carbons (Fsp3) is 0.158. The van der Waals surface area contributed by atoms with E-state index in [2.05, 4.69) is 6.58 Å². The largest absolute Gasteiger partial charge is 0.462 e. The van der Waals surface area contributed by atoms with Crippen molar-refractivity contribution in [3.63, 3.8) is 0 Å². The summed E-state index contributed by atoms with van der Waals surface area (Å²) in [5, 5.41) is 0. The van der Waals surface area contributed by atoms with E-state index in [0.717, 1.165) is 11.1 Å². The van der Waals surface area contributed by atoms with Gasteiger partial charge in [-0.25, -0.2) is 4.79 Å². The Kier molecular flexibility index (Phi) is 5.26. The van der Waals surface area contributed by atoms with Gasteiger partial charge < -0.3 is 4.74 Å². The molecule has 112 valence electrons. The monoisotopic (exact) mass is 294 g/mol. The molecule has 0 fully saturated rings.